The highest BCUT2D eigenvalue weighted by molar-refractivity contribution is 7.92. The monoisotopic (exact) mass is 385 g/mol. The summed E-state index contributed by atoms with van der Waals surface area (Å²) in [5, 5.41) is 12.4. The van der Waals surface area contributed by atoms with Crippen LogP contribution in [0.5, 0.6) is 0 Å². The van der Waals surface area contributed by atoms with Crippen molar-refractivity contribution < 1.29 is 13.5 Å². The first kappa shape index (κ1) is 18.6. The molecule has 0 amide bonds. The molecule has 0 aliphatic rings. The first-order valence-electron chi connectivity index (χ1n) is 7.14. The Bertz CT molecular complexity index is 867. The van der Waals surface area contributed by atoms with E-state index in [1.54, 1.807) is 12.1 Å². The summed E-state index contributed by atoms with van der Waals surface area (Å²) < 4.78 is 27.5. The molecule has 2 aromatic carbocycles. The maximum absolute atomic E-state index is 12.6. The van der Waals surface area contributed by atoms with Crippen LogP contribution in [0.1, 0.15) is 18.9 Å². The molecule has 24 heavy (non-hydrogen) atoms. The summed E-state index contributed by atoms with van der Waals surface area (Å²) in [4.78, 5) is 3.72. The fourth-order valence-electron chi connectivity index (χ4n) is 1.94. The molecule has 0 atom stereocenters. The number of rotatable bonds is 6. The van der Waals surface area contributed by atoms with Gasteiger partial charge in [-0.15, -0.1) is 0 Å². The highest BCUT2D eigenvalue weighted by Crippen LogP contribution is 2.27. The summed E-state index contributed by atoms with van der Waals surface area (Å²) >= 11 is 11.8. The van der Waals surface area contributed by atoms with E-state index in [9.17, 15) is 13.5 Å². The number of hydrogen-bond acceptors (Lipinski definition) is 4. The number of halogens is 2. The van der Waals surface area contributed by atoms with E-state index in [0.717, 1.165) is 6.42 Å². The molecule has 0 unspecified atom stereocenters. The van der Waals surface area contributed by atoms with Gasteiger partial charge in [0.25, 0.3) is 10.0 Å². The lowest BCUT2D eigenvalue weighted by molar-refractivity contribution is -0.213. The second kappa shape index (κ2) is 7.88. The van der Waals surface area contributed by atoms with Gasteiger partial charge in [0.15, 0.2) is 0 Å². The molecule has 0 fully saturated rings. The van der Waals surface area contributed by atoms with Gasteiger partial charge in [-0.25, -0.2) is 8.42 Å². The molecule has 0 aliphatic heterocycles. The number of nitrogens with one attached hydrogen (secondary N) is 1. The summed E-state index contributed by atoms with van der Waals surface area (Å²) in [7, 11) is -4.00. The maximum atomic E-state index is 12.6. The van der Waals surface area contributed by atoms with Gasteiger partial charge >= 0.3 is 0 Å². The Morgan fingerprint density at radius 3 is 2.62 bits per heavy atom. The second-order valence-corrected chi connectivity index (χ2v) is 7.41. The van der Waals surface area contributed by atoms with Crippen molar-refractivity contribution in [3.8, 4) is 0 Å². The minimum Gasteiger partial charge on any atom is -0.858 e. The first-order chi connectivity index (χ1) is 11.3. The Hall–Kier alpha value is -1.76. The molecule has 8 heteroatoms. The van der Waals surface area contributed by atoms with Crippen molar-refractivity contribution >= 4 is 44.8 Å². The zero-order valence-electron chi connectivity index (χ0n) is 12.8. The van der Waals surface area contributed by atoms with Gasteiger partial charge in [0, 0.05) is 17.1 Å². The van der Waals surface area contributed by atoms with Crippen LogP contribution < -0.4 is 9.83 Å². The van der Waals surface area contributed by atoms with Crippen LogP contribution in [0.3, 0.4) is 0 Å². The van der Waals surface area contributed by atoms with E-state index in [-0.39, 0.29) is 26.2 Å². The molecule has 2 rings (SSSR count). The molecule has 0 aliphatic carbocycles. The molecule has 0 aromatic heterocycles. The van der Waals surface area contributed by atoms with Crippen molar-refractivity contribution in [1.82, 2.24) is 0 Å². The number of para-hydroxylation sites is 1. The van der Waals surface area contributed by atoms with Crippen molar-refractivity contribution in [3.05, 3.63) is 58.1 Å². The molecule has 0 saturated carbocycles. The third kappa shape index (κ3) is 4.41. The maximum Gasteiger partial charge on any atom is 0.263 e. The molecule has 0 saturated heterocycles. The number of benzene rings is 2. The third-order valence-electron chi connectivity index (χ3n) is 3.06. The standard InChI is InChI=1S/C16H16Cl2N2O3S/c1-2-9-19-16(21)12-5-3-4-6-14(12)20-24(22,23)15-10-11(17)7-8-13(15)18/h3-8,10,20H,2,9H2,1H3,(H,19,21)/p-1. The Balaban J connectivity index is 2.42. The normalized spacial score (nSPS) is 12.2. The number of hydrogen-bond donors (Lipinski definition) is 1. The highest BCUT2D eigenvalue weighted by Gasteiger charge is 2.19. The lowest BCUT2D eigenvalue weighted by Crippen LogP contribution is -2.23. The zero-order chi connectivity index (χ0) is 17.7. The van der Waals surface area contributed by atoms with Gasteiger partial charge in [-0.2, -0.15) is 0 Å². The van der Waals surface area contributed by atoms with Crippen molar-refractivity contribution in [2.24, 2.45) is 4.99 Å². The summed E-state index contributed by atoms with van der Waals surface area (Å²) in [6.07, 6.45) is 0.720. The lowest BCUT2D eigenvalue weighted by atomic mass is 10.2. The fourth-order valence-corrected chi connectivity index (χ4v) is 3.78. The van der Waals surface area contributed by atoms with Crippen LogP contribution in [0.25, 0.3) is 0 Å². The van der Waals surface area contributed by atoms with Gasteiger partial charge in [0.05, 0.1) is 10.7 Å². The molecule has 0 radical (unpaired) electrons. The molecule has 2 aromatic rings. The molecular formula is C16H15Cl2N2O3S-. The summed E-state index contributed by atoms with van der Waals surface area (Å²) in [5.41, 5.74) is 0.311. The number of nitrogens with zero attached hydrogens (tertiary/aromatic N) is 1. The predicted octanol–water partition coefficient (Wildman–Crippen LogP) is 3.31. The Morgan fingerprint density at radius 1 is 1.21 bits per heavy atom. The van der Waals surface area contributed by atoms with Crippen LogP contribution in [-0.2, 0) is 10.0 Å². The number of sulfonamides is 1. The van der Waals surface area contributed by atoms with Gasteiger partial charge in [-0.05, 0) is 36.6 Å². The molecule has 128 valence electrons. The summed E-state index contributed by atoms with van der Waals surface area (Å²) in [6, 6.07) is 10.4. The smallest absolute Gasteiger partial charge is 0.263 e. The van der Waals surface area contributed by atoms with Gasteiger partial charge < -0.3 is 10.1 Å². The minimum atomic E-state index is -4.00. The van der Waals surface area contributed by atoms with Crippen molar-refractivity contribution in [2.45, 2.75) is 18.2 Å². The molecule has 0 spiro atoms. The molecular weight excluding hydrogens is 371 g/mol. The van der Waals surface area contributed by atoms with E-state index in [1.165, 1.54) is 30.3 Å². The predicted molar refractivity (Wildman–Crippen MR) is 95.4 cm³/mol. The Morgan fingerprint density at radius 2 is 1.92 bits per heavy atom. The van der Waals surface area contributed by atoms with E-state index in [4.69, 9.17) is 23.2 Å². The van der Waals surface area contributed by atoms with Crippen LogP contribution in [0.2, 0.25) is 10.0 Å². The molecule has 1 N–H and O–H groups in total. The Kier molecular flexibility index (Phi) is 6.10. The van der Waals surface area contributed by atoms with Crippen molar-refractivity contribution in [3.63, 3.8) is 0 Å². The number of aliphatic imine (C=N–C) groups is 1. The highest BCUT2D eigenvalue weighted by atomic mass is 35.5. The van der Waals surface area contributed by atoms with Gasteiger partial charge in [-0.1, -0.05) is 48.3 Å². The van der Waals surface area contributed by atoms with Crippen molar-refractivity contribution in [2.75, 3.05) is 11.3 Å². The van der Waals surface area contributed by atoms with Gasteiger partial charge in [0.2, 0.25) is 0 Å². The van der Waals surface area contributed by atoms with E-state index in [0.29, 0.717) is 6.54 Å². The SMILES string of the molecule is CCCN=C([O-])c1ccccc1NS(=O)(=O)c1cc(Cl)ccc1Cl. The van der Waals surface area contributed by atoms with E-state index in [1.807, 2.05) is 6.92 Å². The second-order valence-electron chi connectivity index (χ2n) is 4.91. The van der Waals surface area contributed by atoms with E-state index < -0.39 is 15.9 Å². The minimum absolute atomic E-state index is 0.0337. The third-order valence-corrected chi connectivity index (χ3v) is 5.15. The number of anilines is 1. The van der Waals surface area contributed by atoms with Crippen LogP contribution in [0.15, 0.2) is 52.4 Å². The quantitative estimate of drug-likeness (QED) is 0.611. The first-order valence-corrected chi connectivity index (χ1v) is 9.38. The van der Waals surface area contributed by atoms with Crippen LogP contribution in [0.4, 0.5) is 5.69 Å². The van der Waals surface area contributed by atoms with E-state index >= 15 is 0 Å². The van der Waals surface area contributed by atoms with Gasteiger partial charge in [0.1, 0.15) is 4.90 Å². The van der Waals surface area contributed by atoms with Gasteiger partial charge in [-0.3, -0.25) is 4.72 Å². The average molecular weight is 386 g/mol. The van der Waals surface area contributed by atoms with Crippen LogP contribution in [0, 0.1) is 0 Å². The van der Waals surface area contributed by atoms with Crippen LogP contribution >= 0.6 is 23.2 Å². The average Bonchev–Trinajstić information content (AvgIpc) is 2.55. The van der Waals surface area contributed by atoms with Crippen LogP contribution in [-0.4, -0.2) is 20.9 Å². The summed E-state index contributed by atoms with van der Waals surface area (Å²) in [5.74, 6) is -0.479. The molecule has 0 bridgehead atoms. The summed E-state index contributed by atoms with van der Waals surface area (Å²) in [6.45, 7) is 2.27. The topological polar surface area (TPSA) is 81.6 Å². The van der Waals surface area contributed by atoms with Crippen molar-refractivity contribution in [1.29, 1.82) is 0 Å². The van der Waals surface area contributed by atoms with E-state index in [2.05, 4.69) is 9.71 Å². The molecule has 5 nitrogen and oxygen atoms in total. The molecule has 0 heterocycles. The zero-order valence-corrected chi connectivity index (χ0v) is 15.1. The fraction of sp³-hybridized carbons (Fsp3) is 0.188. The Labute approximate surface area is 151 Å². The largest absolute Gasteiger partial charge is 0.858 e. The lowest BCUT2D eigenvalue weighted by Gasteiger charge is -2.17.